The number of anilines is 1. The van der Waals surface area contributed by atoms with Gasteiger partial charge in [0, 0.05) is 65.1 Å². The molecule has 2 aromatic carbocycles. The average Bonchev–Trinajstić information content (AvgIpc) is 2.85. The summed E-state index contributed by atoms with van der Waals surface area (Å²) in [5.74, 6) is -0.702. The summed E-state index contributed by atoms with van der Waals surface area (Å²) in [6, 6.07) is 8.93. The lowest BCUT2D eigenvalue weighted by Gasteiger charge is -2.40. The number of nitrogens with one attached hydrogen (secondary N) is 1. The molecule has 0 atom stereocenters. The number of hydrogen-bond donors (Lipinski definition) is 2. The van der Waals surface area contributed by atoms with Crippen LogP contribution in [0.25, 0.3) is 10.8 Å². The van der Waals surface area contributed by atoms with Crippen molar-refractivity contribution in [2.45, 2.75) is 6.37 Å². The molecule has 7 nitrogen and oxygen atoms in total. The number of halogens is 2. The largest absolute Gasteiger partial charge is 0.375 e. The third kappa shape index (κ3) is 4.21. The summed E-state index contributed by atoms with van der Waals surface area (Å²) in [5.41, 5.74) is -0.708. The maximum absolute atomic E-state index is 15.0. The van der Waals surface area contributed by atoms with Crippen LogP contribution in [-0.2, 0) is 6.37 Å². The fourth-order valence-electron chi connectivity index (χ4n) is 3.97. The lowest BCUT2D eigenvalue weighted by molar-refractivity contribution is 0.585. The van der Waals surface area contributed by atoms with E-state index >= 15 is 0 Å². The maximum Gasteiger partial charge on any atom is 0.272 e. The Hall–Kier alpha value is -3.29. The molecule has 4 aromatic rings. The number of H-pyrrole nitrogens is 1. The normalized spacial score (nSPS) is 17.0. The van der Waals surface area contributed by atoms with Crippen LogP contribution >= 0.6 is 7.49 Å². The van der Waals surface area contributed by atoms with Gasteiger partial charge in [0.05, 0.1) is 11.1 Å². The molecule has 1 fully saturated rings. The van der Waals surface area contributed by atoms with Gasteiger partial charge < -0.3 is 9.79 Å². The van der Waals surface area contributed by atoms with Crippen LogP contribution in [0.5, 0.6) is 0 Å². The van der Waals surface area contributed by atoms with E-state index in [4.69, 9.17) is 2.74 Å². The van der Waals surface area contributed by atoms with Crippen LogP contribution in [0.1, 0.15) is 14.0 Å². The van der Waals surface area contributed by atoms with E-state index in [2.05, 4.69) is 20.2 Å². The summed E-state index contributed by atoms with van der Waals surface area (Å²) in [7, 11) is -2.93. The van der Waals surface area contributed by atoms with Gasteiger partial charge in [0.1, 0.15) is 11.6 Å². The Labute approximate surface area is 191 Å². The molecule has 1 aliphatic heterocycles. The zero-order valence-electron chi connectivity index (χ0n) is 19.4. The third-order valence-corrected chi connectivity index (χ3v) is 8.84. The molecule has 1 saturated heterocycles. The number of rotatable bonds is 4. The summed E-state index contributed by atoms with van der Waals surface area (Å²) < 4.78 is 46.2. The van der Waals surface area contributed by atoms with Crippen molar-refractivity contribution in [3.8, 4) is 0 Å². The molecule has 33 heavy (non-hydrogen) atoms. The highest BCUT2D eigenvalue weighted by Gasteiger charge is 2.35. The molecule has 2 N–H and O–H groups in total. The summed E-state index contributed by atoms with van der Waals surface area (Å²) in [6.07, 6.45) is 1.60. The first-order valence-corrected chi connectivity index (χ1v) is 12.4. The van der Waals surface area contributed by atoms with Gasteiger partial charge in [-0.25, -0.2) is 23.8 Å². The smallest absolute Gasteiger partial charge is 0.272 e. The van der Waals surface area contributed by atoms with E-state index < -0.39 is 31.1 Å². The van der Waals surface area contributed by atoms with Crippen molar-refractivity contribution in [3.63, 3.8) is 0 Å². The van der Waals surface area contributed by atoms with Crippen molar-refractivity contribution in [2.24, 2.45) is 0 Å². The van der Waals surface area contributed by atoms with Crippen LogP contribution < -0.4 is 15.8 Å². The Morgan fingerprint density at radius 2 is 1.85 bits per heavy atom. The highest BCUT2D eigenvalue weighted by atomic mass is 31.2. The molecule has 0 amide bonds. The Morgan fingerprint density at radius 3 is 2.61 bits per heavy atom. The minimum absolute atomic E-state index is 0.0390. The first kappa shape index (κ1) is 19.2. The zero-order chi connectivity index (χ0) is 24.8. The first-order valence-electron chi connectivity index (χ1n) is 11.3. The topological polar surface area (TPSA) is 95.0 Å². The van der Waals surface area contributed by atoms with Gasteiger partial charge in [-0.15, -0.1) is 0 Å². The summed E-state index contributed by atoms with van der Waals surface area (Å²) in [4.78, 5) is 34.0. The number of benzene rings is 2. The highest BCUT2D eigenvalue weighted by molar-refractivity contribution is 7.77. The number of fused-ring (bicyclic) bond motifs is 1. The molecule has 169 valence electrons. The van der Waals surface area contributed by atoms with Gasteiger partial charge in [-0.2, -0.15) is 5.10 Å². The van der Waals surface area contributed by atoms with Gasteiger partial charge >= 0.3 is 0 Å². The van der Waals surface area contributed by atoms with Crippen molar-refractivity contribution >= 4 is 29.5 Å². The summed E-state index contributed by atoms with van der Waals surface area (Å²) in [5, 5.41) is 6.32. The quantitative estimate of drug-likeness (QED) is 0.446. The van der Waals surface area contributed by atoms with Gasteiger partial charge in [-0.3, -0.25) is 4.79 Å². The van der Waals surface area contributed by atoms with E-state index in [0.29, 0.717) is 31.4 Å². The minimum atomic E-state index is -2.93. The molecule has 0 aliphatic carbocycles. The zero-order valence-corrected chi connectivity index (χ0v) is 18.3. The second-order valence-electron chi connectivity index (χ2n) is 7.79. The van der Waals surface area contributed by atoms with E-state index in [9.17, 15) is 18.5 Å². The molecule has 1 aliphatic rings. The molecule has 0 unspecified atom stereocenters. The van der Waals surface area contributed by atoms with E-state index in [1.54, 1.807) is 18.5 Å². The van der Waals surface area contributed by atoms with Crippen molar-refractivity contribution < 1.29 is 16.4 Å². The first-order chi connectivity index (χ1) is 16.7. The average molecular weight is 470 g/mol. The monoisotopic (exact) mass is 470 g/mol. The van der Waals surface area contributed by atoms with E-state index in [1.165, 1.54) is 18.2 Å². The molecular formula is C23H21F2N5O2P. The molecule has 5 rings (SSSR count). The number of aromatic nitrogens is 4. The van der Waals surface area contributed by atoms with Crippen molar-refractivity contribution in [1.29, 1.82) is 0 Å². The van der Waals surface area contributed by atoms with Gasteiger partial charge in [-0.1, -0.05) is 6.07 Å². The van der Waals surface area contributed by atoms with E-state index in [1.807, 2.05) is 4.90 Å². The predicted octanol–water partition coefficient (Wildman–Crippen LogP) is 2.65. The fourth-order valence-corrected chi connectivity index (χ4v) is 6.67. The van der Waals surface area contributed by atoms with Crippen LogP contribution in [0.4, 0.5) is 14.7 Å². The van der Waals surface area contributed by atoms with E-state index in [-0.39, 0.29) is 27.3 Å². The van der Waals surface area contributed by atoms with Crippen LogP contribution in [-0.4, -0.2) is 50.5 Å². The molecule has 1 radical (unpaired) electrons. The lowest BCUT2D eigenvalue weighted by Crippen LogP contribution is -2.40. The van der Waals surface area contributed by atoms with Gasteiger partial charge in [0.2, 0.25) is 5.95 Å². The number of nitrogens with zero attached hydrogens (tertiary/aromatic N) is 4. The second-order valence-corrected chi connectivity index (χ2v) is 11.0. The maximum atomic E-state index is 15.0. The van der Waals surface area contributed by atoms with Gasteiger partial charge in [-0.05, 0) is 42.0 Å². The predicted molar refractivity (Wildman–Crippen MR) is 124 cm³/mol. The fraction of sp³-hybridized carbons (Fsp3) is 0.217. The van der Waals surface area contributed by atoms with Crippen LogP contribution in [0.3, 0.4) is 0 Å². The summed E-state index contributed by atoms with van der Waals surface area (Å²) in [6.45, 7) is 0.866. The molecule has 10 heteroatoms. The van der Waals surface area contributed by atoms with Crippen LogP contribution in [0.2, 0.25) is 0 Å². The van der Waals surface area contributed by atoms with Crippen LogP contribution in [0.15, 0.2) is 59.7 Å². The minimum Gasteiger partial charge on any atom is -0.375 e. The second kappa shape index (κ2) is 8.57. The molecular weight excluding hydrogens is 447 g/mol. The van der Waals surface area contributed by atoms with Gasteiger partial charge in [0.15, 0.2) is 0 Å². The Balaban J connectivity index is 1.51. The van der Waals surface area contributed by atoms with Crippen molar-refractivity contribution in [1.82, 2.24) is 20.2 Å². The van der Waals surface area contributed by atoms with Crippen molar-refractivity contribution in [2.75, 3.05) is 30.3 Å². The number of hydrogen-bond acceptors (Lipinski definition) is 6. The highest BCUT2D eigenvalue weighted by Crippen LogP contribution is 2.55. The van der Waals surface area contributed by atoms with E-state index in [0.717, 1.165) is 18.2 Å². The number of aromatic amines is 1. The summed E-state index contributed by atoms with van der Waals surface area (Å²) >= 11 is 0. The SMILES string of the molecule is [2H]C([2H])(c1ccc(F)c([P]2(O)CCN(c3ncccn3)CC2)c1)c1n[nH]c(=O)c2cc(F)ccc12. The Morgan fingerprint density at radius 1 is 1.09 bits per heavy atom. The van der Waals surface area contributed by atoms with Gasteiger partial charge in [0.25, 0.3) is 5.56 Å². The molecule has 2 aromatic heterocycles. The molecule has 0 saturated carbocycles. The Kier molecular flexibility index (Phi) is 4.99. The lowest BCUT2D eigenvalue weighted by atomic mass is 10.0. The molecule has 0 spiro atoms. The Bertz CT molecular complexity index is 1460. The standard InChI is InChI=1S/C23H21F2N5O2P/c24-16-3-4-17-18(14-16)22(31)29-28-20(17)12-15-2-5-19(25)21(13-15)33(32)10-8-30(9-11-33)23-26-6-1-7-27-23/h1-7,13-14,32H,8-12H2,(H,29,31)/i12D2. The van der Waals surface area contributed by atoms with Crippen LogP contribution in [0, 0.1) is 11.6 Å². The third-order valence-electron chi connectivity index (χ3n) is 5.72. The molecule has 0 bridgehead atoms. The van der Waals surface area contributed by atoms with Crippen molar-refractivity contribution in [3.05, 3.63) is 88.1 Å². The molecule has 3 heterocycles.